The lowest BCUT2D eigenvalue weighted by molar-refractivity contribution is -0.137. The van der Waals surface area contributed by atoms with Crippen molar-refractivity contribution in [3.8, 4) is 5.75 Å². The van der Waals surface area contributed by atoms with E-state index in [-0.39, 0.29) is 24.5 Å². The average molecular weight is 376 g/mol. The van der Waals surface area contributed by atoms with Gasteiger partial charge in [0.2, 0.25) is 0 Å². The molecule has 1 aromatic heterocycles. The summed E-state index contributed by atoms with van der Waals surface area (Å²) in [5.41, 5.74) is -0.665. The molecule has 3 aromatic rings. The molecule has 140 valence electrons. The van der Waals surface area contributed by atoms with E-state index in [1.54, 1.807) is 24.3 Å². The maximum atomic E-state index is 12.5. The van der Waals surface area contributed by atoms with Gasteiger partial charge in [-0.3, -0.25) is 9.59 Å². The number of ether oxygens (including phenoxy) is 1. The standard InChI is InChI=1S/C19H15F3N2O3/c20-19(21,22)13-5-7-14(8-6-13)27-10-9-23-17(25)15-11-12-3-1-2-4-16(12)24-18(15)26/h1-8,11H,9-10H2,(H,23,25)(H,24,26). The molecule has 0 spiro atoms. The van der Waals surface area contributed by atoms with Crippen LogP contribution in [0.25, 0.3) is 10.9 Å². The number of carbonyl (C=O) groups excluding carboxylic acids is 1. The molecule has 27 heavy (non-hydrogen) atoms. The predicted molar refractivity (Wildman–Crippen MR) is 93.8 cm³/mol. The Morgan fingerprint density at radius 1 is 1.07 bits per heavy atom. The van der Waals surface area contributed by atoms with E-state index in [1.165, 1.54) is 18.2 Å². The van der Waals surface area contributed by atoms with Gasteiger partial charge >= 0.3 is 6.18 Å². The summed E-state index contributed by atoms with van der Waals surface area (Å²) >= 11 is 0. The van der Waals surface area contributed by atoms with Gasteiger partial charge in [-0.2, -0.15) is 13.2 Å². The average Bonchev–Trinajstić information content (AvgIpc) is 2.64. The normalized spacial score (nSPS) is 11.4. The van der Waals surface area contributed by atoms with E-state index in [1.807, 2.05) is 0 Å². The van der Waals surface area contributed by atoms with E-state index < -0.39 is 23.2 Å². The van der Waals surface area contributed by atoms with Gasteiger partial charge in [0.25, 0.3) is 11.5 Å². The summed E-state index contributed by atoms with van der Waals surface area (Å²) in [5.74, 6) is -0.307. The maximum absolute atomic E-state index is 12.5. The molecule has 0 radical (unpaired) electrons. The second kappa shape index (κ2) is 7.53. The SMILES string of the molecule is O=C(NCCOc1ccc(C(F)(F)F)cc1)c1cc2ccccc2[nH]c1=O. The predicted octanol–water partition coefficient (Wildman–Crippen LogP) is 3.36. The number of pyridine rings is 1. The van der Waals surface area contributed by atoms with Crippen LogP contribution in [0.5, 0.6) is 5.75 Å². The Bertz CT molecular complexity index is 1010. The number of H-pyrrole nitrogens is 1. The molecule has 0 saturated carbocycles. The molecule has 0 bridgehead atoms. The number of alkyl halides is 3. The molecule has 1 amide bonds. The minimum absolute atomic E-state index is 0.0248. The fraction of sp³-hybridized carbons (Fsp3) is 0.158. The van der Waals surface area contributed by atoms with Crippen molar-refractivity contribution < 1.29 is 22.7 Å². The molecular formula is C19H15F3N2O3. The number of hydrogen-bond donors (Lipinski definition) is 2. The molecule has 0 aliphatic carbocycles. The van der Waals surface area contributed by atoms with Gasteiger partial charge in [0.15, 0.2) is 0 Å². The fourth-order valence-corrected chi connectivity index (χ4v) is 2.48. The van der Waals surface area contributed by atoms with Gasteiger partial charge in [0, 0.05) is 5.52 Å². The third kappa shape index (κ3) is 4.46. The van der Waals surface area contributed by atoms with Crippen molar-refractivity contribution in [2.45, 2.75) is 6.18 Å². The Morgan fingerprint density at radius 3 is 2.48 bits per heavy atom. The van der Waals surface area contributed by atoms with Crippen LogP contribution in [-0.2, 0) is 6.18 Å². The highest BCUT2D eigenvalue weighted by Crippen LogP contribution is 2.30. The number of benzene rings is 2. The first-order valence-electron chi connectivity index (χ1n) is 8.05. The Morgan fingerprint density at radius 2 is 1.78 bits per heavy atom. The third-order valence-electron chi connectivity index (χ3n) is 3.84. The number of carbonyl (C=O) groups is 1. The number of halogens is 3. The van der Waals surface area contributed by atoms with Crippen LogP contribution in [0.2, 0.25) is 0 Å². The lowest BCUT2D eigenvalue weighted by Gasteiger charge is -2.10. The number of aromatic amines is 1. The van der Waals surface area contributed by atoms with Crippen molar-refractivity contribution in [3.63, 3.8) is 0 Å². The van der Waals surface area contributed by atoms with Gasteiger partial charge in [-0.1, -0.05) is 18.2 Å². The minimum atomic E-state index is -4.40. The van der Waals surface area contributed by atoms with E-state index in [4.69, 9.17) is 4.74 Å². The molecule has 0 saturated heterocycles. The molecule has 5 nitrogen and oxygen atoms in total. The van der Waals surface area contributed by atoms with Gasteiger partial charge < -0.3 is 15.0 Å². The number of amides is 1. The number of nitrogens with one attached hydrogen (secondary N) is 2. The van der Waals surface area contributed by atoms with Crippen LogP contribution in [-0.4, -0.2) is 24.0 Å². The van der Waals surface area contributed by atoms with Crippen LogP contribution in [0, 0.1) is 0 Å². The molecule has 0 unspecified atom stereocenters. The Hall–Kier alpha value is -3.29. The van der Waals surface area contributed by atoms with E-state index in [9.17, 15) is 22.8 Å². The zero-order valence-electron chi connectivity index (χ0n) is 14.0. The molecule has 0 atom stereocenters. The first-order chi connectivity index (χ1) is 12.8. The van der Waals surface area contributed by atoms with Gasteiger partial charge in [0.05, 0.1) is 12.1 Å². The third-order valence-corrected chi connectivity index (χ3v) is 3.84. The van der Waals surface area contributed by atoms with Gasteiger partial charge in [-0.15, -0.1) is 0 Å². The lowest BCUT2D eigenvalue weighted by atomic mass is 10.1. The quantitative estimate of drug-likeness (QED) is 0.671. The number of para-hydroxylation sites is 1. The lowest BCUT2D eigenvalue weighted by Crippen LogP contribution is -2.32. The summed E-state index contributed by atoms with van der Waals surface area (Å²) in [4.78, 5) is 26.8. The van der Waals surface area contributed by atoms with E-state index in [0.717, 1.165) is 17.5 Å². The highest BCUT2D eigenvalue weighted by molar-refractivity contribution is 5.97. The Kier molecular flexibility index (Phi) is 5.16. The first-order valence-corrected chi connectivity index (χ1v) is 8.05. The minimum Gasteiger partial charge on any atom is -0.492 e. The molecule has 2 aromatic carbocycles. The maximum Gasteiger partial charge on any atom is 0.416 e. The fourth-order valence-electron chi connectivity index (χ4n) is 2.48. The van der Waals surface area contributed by atoms with Gasteiger partial charge in [-0.05, 0) is 41.8 Å². The highest BCUT2D eigenvalue weighted by atomic mass is 19.4. The Balaban J connectivity index is 1.55. The molecule has 0 aliphatic heterocycles. The number of aromatic nitrogens is 1. The van der Waals surface area contributed by atoms with Crippen LogP contribution in [0.1, 0.15) is 15.9 Å². The van der Waals surface area contributed by atoms with Crippen molar-refractivity contribution in [1.29, 1.82) is 0 Å². The molecule has 0 aliphatic rings. The first kappa shape index (κ1) is 18.5. The topological polar surface area (TPSA) is 71.2 Å². The summed E-state index contributed by atoms with van der Waals surface area (Å²) in [7, 11) is 0. The summed E-state index contributed by atoms with van der Waals surface area (Å²) < 4.78 is 42.8. The summed E-state index contributed by atoms with van der Waals surface area (Å²) in [5, 5.41) is 3.27. The largest absolute Gasteiger partial charge is 0.492 e. The highest BCUT2D eigenvalue weighted by Gasteiger charge is 2.30. The van der Waals surface area contributed by atoms with Crippen LogP contribution in [0.4, 0.5) is 13.2 Å². The van der Waals surface area contributed by atoms with Crippen molar-refractivity contribution in [2.75, 3.05) is 13.2 Å². The van der Waals surface area contributed by atoms with Crippen molar-refractivity contribution in [1.82, 2.24) is 10.3 Å². The zero-order chi connectivity index (χ0) is 19.4. The second-order valence-corrected chi connectivity index (χ2v) is 5.73. The van der Waals surface area contributed by atoms with Crippen LogP contribution < -0.4 is 15.6 Å². The van der Waals surface area contributed by atoms with Crippen LogP contribution >= 0.6 is 0 Å². The molecule has 8 heteroatoms. The number of rotatable bonds is 5. The second-order valence-electron chi connectivity index (χ2n) is 5.73. The van der Waals surface area contributed by atoms with Crippen molar-refractivity contribution in [3.05, 3.63) is 76.1 Å². The summed E-state index contributed by atoms with van der Waals surface area (Å²) in [6, 6.07) is 12.8. The molecule has 0 fully saturated rings. The van der Waals surface area contributed by atoms with Crippen LogP contribution in [0.3, 0.4) is 0 Å². The molecule has 3 rings (SSSR count). The number of fused-ring (bicyclic) bond motifs is 1. The molecular weight excluding hydrogens is 361 g/mol. The Labute approximate surface area is 151 Å². The van der Waals surface area contributed by atoms with Crippen molar-refractivity contribution >= 4 is 16.8 Å². The van der Waals surface area contributed by atoms with E-state index >= 15 is 0 Å². The van der Waals surface area contributed by atoms with Gasteiger partial charge in [-0.25, -0.2) is 0 Å². The van der Waals surface area contributed by atoms with E-state index in [0.29, 0.717) is 5.52 Å². The van der Waals surface area contributed by atoms with Crippen LogP contribution in [0.15, 0.2) is 59.4 Å². The van der Waals surface area contributed by atoms with Crippen molar-refractivity contribution in [2.24, 2.45) is 0 Å². The summed E-state index contributed by atoms with van der Waals surface area (Å²) in [6.45, 7) is 0.134. The monoisotopic (exact) mass is 376 g/mol. The molecule has 2 N–H and O–H groups in total. The zero-order valence-corrected chi connectivity index (χ0v) is 14.0. The molecule has 1 heterocycles. The number of hydrogen-bond acceptors (Lipinski definition) is 3. The smallest absolute Gasteiger partial charge is 0.416 e. The van der Waals surface area contributed by atoms with E-state index in [2.05, 4.69) is 10.3 Å². The summed E-state index contributed by atoms with van der Waals surface area (Å²) in [6.07, 6.45) is -4.40. The van der Waals surface area contributed by atoms with Gasteiger partial charge in [0.1, 0.15) is 17.9 Å².